The summed E-state index contributed by atoms with van der Waals surface area (Å²) >= 11 is 0. The number of aryl methyl sites for hydroxylation is 1. The number of urea groups is 1. The molecule has 0 bridgehead atoms. The van der Waals surface area contributed by atoms with Crippen LogP contribution < -0.4 is 15.1 Å². The zero-order chi connectivity index (χ0) is 21.1. The smallest absolute Gasteiger partial charge is 0.322 e. The van der Waals surface area contributed by atoms with Crippen molar-refractivity contribution >= 4 is 23.5 Å². The van der Waals surface area contributed by atoms with Crippen molar-refractivity contribution in [2.75, 3.05) is 67.6 Å². The van der Waals surface area contributed by atoms with E-state index in [0.717, 1.165) is 36.7 Å². The number of hydrogen-bond acceptors (Lipinski definition) is 6. The minimum atomic E-state index is -0.797. The Balaban J connectivity index is 1.38. The highest BCUT2D eigenvalue weighted by molar-refractivity contribution is 5.89. The molecule has 2 saturated heterocycles. The summed E-state index contributed by atoms with van der Waals surface area (Å²) < 4.78 is 32.2. The molecule has 3 heterocycles. The number of benzene rings is 1. The summed E-state index contributed by atoms with van der Waals surface area (Å²) in [5.41, 5.74) is 0.846. The minimum absolute atomic E-state index is 0.0367. The number of aromatic nitrogens is 2. The van der Waals surface area contributed by atoms with E-state index < -0.39 is 17.7 Å². The van der Waals surface area contributed by atoms with E-state index in [4.69, 9.17) is 9.72 Å². The topological polar surface area (TPSA) is 73.8 Å². The average molecular weight is 418 g/mol. The first-order valence-electron chi connectivity index (χ1n) is 9.94. The molecule has 1 aromatic carbocycles. The summed E-state index contributed by atoms with van der Waals surface area (Å²) in [6.45, 7) is 6.90. The van der Waals surface area contributed by atoms with Crippen LogP contribution in [0.3, 0.4) is 0 Å². The number of morpholine rings is 1. The molecule has 0 unspecified atom stereocenters. The van der Waals surface area contributed by atoms with E-state index in [2.05, 4.69) is 20.1 Å². The fourth-order valence-corrected chi connectivity index (χ4v) is 3.53. The number of nitrogens with zero attached hydrogens (tertiary/aromatic N) is 5. The Bertz CT molecular complexity index is 914. The van der Waals surface area contributed by atoms with Gasteiger partial charge in [0.1, 0.15) is 17.5 Å². The van der Waals surface area contributed by atoms with Crippen LogP contribution in [0, 0.1) is 18.6 Å². The number of nitrogens with one attached hydrogen (secondary N) is 1. The normalized spacial score (nSPS) is 17.2. The molecule has 2 fully saturated rings. The molecule has 8 nitrogen and oxygen atoms in total. The van der Waals surface area contributed by atoms with Crippen molar-refractivity contribution in [1.82, 2.24) is 14.9 Å². The fraction of sp³-hybridized carbons (Fsp3) is 0.450. The minimum Gasteiger partial charge on any atom is -0.378 e. The molecule has 0 radical (unpaired) electrons. The highest BCUT2D eigenvalue weighted by Crippen LogP contribution is 2.21. The van der Waals surface area contributed by atoms with Gasteiger partial charge < -0.3 is 24.8 Å². The third-order valence-corrected chi connectivity index (χ3v) is 5.19. The lowest BCUT2D eigenvalue weighted by Gasteiger charge is -2.36. The lowest BCUT2D eigenvalue weighted by Crippen LogP contribution is -2.50. The second-order valence-corrected chi connectivity index (χ2v) is 7.30. The molecule has 30 heavy (non-hydrogen) atoms. The predicted octanol–water partition coefficient (Wildman–Crippen LogP) is 2.25. The second-order valence-electron chi connectivity index (χ2n) is 7.30. The summed E-state index contributed by atoms with van der Waals surface area (Å²) in [7, 11) is 0. The Morgan fingerprint density at radius 1 is 1.00 bits per heavy atom. The summed E-state index contributed by atoms with van der Waals surface area (Å²) in [5.74, 6) is 0.0404. The van der Waals surface area contributed by atoms with Gasteiger partial charge in [-0.3, -0.25) is 0 Å². The van der Waals surface area contributed by atoms with Crippen LogP contribution in [0.5, 0.6) is 0 Å². The van der Waals surface area contributed by atoms with Gasteiger partial charge in [-0.1, -0.05) is 0 Å². The van der Waals surface area contributed by atoms with Gasteiger partial charge in [-0.15, -0.1) is 0 Å². The lowest BCUT2D eigenvalue weighted by molar-refractivity contribution is 0.122. The van der Waals surface area contributed by atoms with Gasteiger partial charge in [0.05, 0.1) is 18.9 Å². The molecule has 160 valence electrons. The second kappa shape index (κ2) is 8.78. The number of amides is 2. The van der Waals surface area contributed by atoms with Crippen LogP contribution in [-0.2, 0) is 4.74 Å². The molecular weight excluding hydrogens is 394 g/mol. The Morgan fingerprint density at radius 3 is 2.43 bits per heavy atom. The van der Waals surface area contributed by atoms with Crippen LogP contribution in [0.1, 0.15) is 5.69 Å². The van der Waals surface area contributed by atoms with Gasteiger partial charge in [0.2, 0.25) is 5.95 Å². The van der Waals surface area contributed by atoms with Crippen molar-refractivity contribution < 1.29 is 18.3 Å². The maximum atomic E-state index is 13.8. The predicted molar refractivity (Wildman–Crippen MR) is 109 cm³/mol. The molecule has 0 aliphatic carbocycles. The first kappa shape index (κ1) is 20.3. The molecule has 0 saturated carbocycles. The molecule has 2 aromatic rings. The molecule has 1 N–H and O–H groups in total. The molecule has 4 rings (SSSR count). The number of ether oxygens (including phenoxy) is 1. The molecule has 0 atom stereocenters. The van der Waals surface area contributed by atoms with E-state index in [0.29, 0.717) is 45.3 Å². The standard InChI is InChI=1S/C20H24F2N6O2/c1-14-12-18(25-19(23-14)27-8-10-30-11-9-27)26-4-6-28(7-5-26)20(29)24-17-3-2-15(21)13-16(17)22/h2-3,12-13H,4-11H2,1H3,(H,24,29). The quantitative estimate of drug-likeness (QED) is 0.824. The highest BCUT2D eigenvalue weighted by atomic mass is 19.1. The first-order chi connectivity index (χ1) is 14.5. The summed E-state index contributed by atoms with van der Waals surface area (Å²) in [5, 5.41) is 2.51. The van der Waals surface area contributed by atoms with Crippen molar-refractivity contribution in [3.63, 3.8) is 0 Å². The van der Waals surface area contributed by atoms with Crippen LogP contribution >= 0.6 is 0 Å². The highest BCUT2D eigenvalue weighted by Gasteiger charge is 2.24. The molecule has 1 aromatic heterocycles. The van der Waals surface area contributed by atoms with Crippen LogP contribution in [-0.4, -0.2) is 73.4 Å². The summed E-state index contributed by atoms with van der Waals surface area (Å²) in [6, 6.07) is 4.61. The Kier molecular flexibility index (Phi) is 5.93. The Hall–Kier alpha value is -3.01. The van der Waals surface area contributed by atoms with Gasteiger partial charge in [0, 0.05) is 57.1 Å². The first-order valence-corrected chi connectivity index (χ1v) is 9.94. The van der Waals surface area contributed by atoms with Crippen molar-refractivity contribution in [2.45, 2.75) is 6.92 Å². The van der Waals surface area contributed by atoms with E-state index in [-0.39, 0.29) is 5.69 Å². The van der Waals surface area contributed by atoms with Crippen LogP contribution in [0.15, 0.2) is 24.3 Å². The molecule has 2 amide bonds. The number of carbonyl (C=O) groups is 1. The van der Waals surface area contributed by atoms with Gasteiger partial charge in [0.25, 0.3) is 0 Å². The Labute approximate surface area is 173 Å². The van der Waals surface area contributed by atoms with Gasteiger partial charge in [-0.2, -0.15) is 4.98 Å². The van der Waals surface area contributed by atoms with Gasteiger partial charge in [0.15, 0.2) is 0 Å². The monoisotopic (exact) mass is 418 g/mol. The SMILES string of the molecule is Cc1cc(N2CCN(C(=O)Nc3ccc(F)cc3F)CC2)nc(N2CCOCC2)n1. The van der Waals surface area contributed by atoms with Gasteiger partial charge in [-0.25, -0.2) is 18.6 Å². The number of halogens is 2. The Morgan fingerprint density at radius 2 is 1.73 bits per heavy atom. The van der Waals surface area contributed by atoms with E-state index in [1.165, 1.54) is 6.07 Å². The summed E-state index contributed by atoms with van der Waals surface area (Å²) in [4.78, 5) is 27.6. The molecular formula is C20H24F2N6O2. The fourth-order valence-electron chi connectivity index (χ4n) is 3.53. The zero-order valence-electron chi connectivity index (χ0n) is 16.8. The lowest BCUT2D eigenvalue weighted by atomic mass is 10.3. The van der Waals surface area contributed by atoms with Crippen molar-refractivity contribution in [1.29, 1.82) is 0 Å². The van der Waals surface area contributed by atoms with Crippen molar-refractivity contribution in [3.8, 4) is 0 Å². The third-order valence-electron chi connectivity index (χ3n) is 5.19. The van der Waals surface area contributed by atoms with Crippen molar-refractivity contribution in [3.05, 3.63) is 41.6 Å². The van der Waals surface area contributed by atoms with Crippen LogP contribution in [0.4, 0.5) is 31.0 Å². The van der Waals surface area contributed by atoms with E-state index in [1.54, 1.807) is 4.90 Å². The number of piperazine rings is 1. The number of carbonyl (C=O) groups excluding carboxylic acids is 1. The van der Waals surface area contributed by atoms with E-state index in [9.17, 15) is 13.6 Å². The van der Waals surface area contributed by atoms with Crippen LogP contribution in [0.25, 0.3) is 0 Å². The number of hydrogen-bond donors (Lipinski definition) is 1. The maximum absolute atomic E-state index is 13.8. The largest absolute Gasteiger partial charge is 0.378 e. The summed E-state index contributed by atoms with van der Waals surface area (Å²) in [6.07, 6.45) is 0. The number of anilines is 3. The molecule has 2 aliphatic heterocycles. The average Bonchev–Trinajstić information content (AvgIpc) is 2.76. The molecule has 2 aliphatic rings. The van der Waals surface area contributed by atoms with Crippen LogP contribution in [0.2, 0.25) is 0 Å². The zero-order valence-corrected chi connectivity index (χ0v) is 16.8. The molecule has 0 spiro atoms. The van der Waals surface area contributed by atoms with E-state index in [1.807, 2.05) is 13.0 Å². The molecule has 10 heteroatoms. The van der Waals surface area contributed by atoms with E-state index >= 15 is 0 Å². The van der Waals surface area contributed by atoms with Gasteiger partial charge in [-0.05, 0) is 19.1 Å². The van der Waals surface area contributed by atoms with Crippen molar-refractivity contribution in [2.24, 2.45) is 0 Å². The number of rotatable bonds is 3. The maximum Gasteiger partial charge on any atom is 0.322 e. The van der Waals surface area contributed by atoms with Gasteiger partial charge >= 0.3 is 6.03 Å². The third kappa shape index (κ3) is 4.59.